The summed E-state index contributed by atoms with van der Waals surface area (Å²) in [6.45, 7) is 15.4. The van der Waals surface area contributed by atoms with Crippen LogP contribution in [0.2, 0.25) is 0 Å². The molecule has 8 fully saturated rings. The minimum Gasteiger partial charge on any atom is -0.464 e. The number of amides is 3. The van der Waals surface area contributed by atoms with Gasteiger partial charge in [-0.3, -0.25) is 44.3 Å². The molecule has 22 heteroatoms. The van der Waals surface area contributed by atoms with Crippen molar-refractivity contribution < 1.29 is 51.3 Å². The number of likely N-dealkylation sites (tertiary alicyclic amines) is 1. The maximum Gasteiger partial charge on any atom is 0.406 e. The molecule has 0 unspecified atom stereocenters. The molecule has 2 aromatic heterocycles. The number of cyclic esters (lactones) is 1. The molecular weight excluding hydrogens is 1050 g/mol. The molecule has 9 heterocycles. The van der Waals surface area contributed by atoms with Crippen molar-refractivity contribution in [3.63, 3.8) is 0 Å². The number of methoxy groups -OCH3 is 1. The van der Waals surface area contributed by atoms with E-state index in [1.54, 1.807) is 13.2 Å². The fraction of sp³-hybridized carbons (Fsp3) is 0.712. The van der Waals surface area contributed by atoms with Crippen molar-refractivity contribution in [1.82, 2.24) is 45.3 Å². The number of nitrogens with one attached hydrogen (secondary N) is 3. The molecular formula is C59H82F3N11O8. The van der Waals surface area contributed by atoms with Crippen LogP contribution in [0.5, 0.6) is 0 Å². The van der Waals surface area contributed by atoms with Gasteiger partial charge in [0.15, 0.2) is 0 Å². The Morgan fingerprint density at radius 1 is 0.926 bits per heavy atom. The van der Waals surface area contributed by atoms with Gasteiger partial charge in [-0.25, -0.2) is 5.43 Å². The van der Waals surface area contributed by atoms with Gasteiger partial charge in [-0.15, -0.1) is 0 Å². The zero-order valence-electron chi connectivity index (χ0n) is 47.9. The number of ether oxygens (including phenoxy) is 4. The third-order valence-corrected chi connectivity index (χ3v) is 18.6. The Hall–Kier alpha value is -5.10. The van der Waals surface area contributed by atoms with E-state index in [9.17, 15) is 19.2 Å². The Morgan fingerprint density at radius 2 is 1.70 bits per heavy atom. The Labute approximate surface area is 472 Å². The Kier molecular flexibility index (Phi) is 15.4. The number of carbonyl (C=O) groups is 4. The largest absolute Gasteiger partial charge is 0.464 e. The lowest BCUT2D eigenvalue weighted by Crippen LogP contribution is -2.73. The Morgan fingerprint density at radius 3 is 2.42 bits per heavy atom. The second kappa shape index (κ2) is 22.1. The van der Waals surface area contributed by atoms with Crippen LogP contribution in [0, 0.1) is 17.3 Å². The lowest BCUT2D eigenvalue weighted by molar-refractivity contribution is -0.197. The summed E-state index contributed by atoms with van der Waals surface area (Å²) in [7, 11) is 1.57. The van der Waals surface area contributed by atoms with Gasteiger partial charge in [0.05, 0.1) is 74.4 Å². The van der Waals surface area contributed by atoms with Crippen molar-refractivity contribution in [1.29, 1.82) is 0 Å². The van der Waals surface area contributed by atoms with E-state index in [1.165, 1.54) is 35.3 Å². The standard InChI is InChI=1S/C59H82F3N11O8/c1-35(2)51(70-21-23-81-58(30-70)31-71(32-58)55(76)50-49(65-50)37-9-10-37)53(74)64-46-26-41-29-69(20-22-79-41)39-13-14-47-42(24-39)44(27-57(4,5)34-80-56(77)45-8-7-15-73(66-45)54(46)75)52(72(47)33-59(60,61)62)43-25-40(28-63-48(43)36(3)78-6)68-18-16-67(17-19-68)38-11-12-38/h13-14,24-25,28,35-38,41,45-46,49-51,65-66H,7-12,15-23,26-27,29-34H2,1-6H3,(H,64,74)/t36-,41-,45-,46-,49+,50+,51-/m0/s1. The van der Waals surface area contributed by atoms with Crippen LogP contribution >= 0.6 is 0 Å². The van der Waals surface area contributed by atoms with Crippen LogP contribution in [0.4, 0.5) is 24.5 Å². The third kappa shape index (κ3) is 11.9. The van der Waals surface area contributed by atoms with Crippen LogP contribution in [0.3, 0.4) is 0 Å². The number of pyridine rings is 1. The van der Waals surface area contributed by atoms with E-state index in [0.717, 1.165) is 37.6 Å². The van der Waals surface area contributed by atoms with Crippen molar-refractivity contribution in [2.75, 3.05) is 109 Å². The molecule has 1 spiro atoms. The topological polar surface area (TPSA) is 188 Å². The summed E-state index contributed by atoms with van der Waals surface area (Å²) in [5, 5.41) is 8.64. The highest BCUT2D eigenvalue weighted by molar-refractivity contribution is 5.95. The average Bonchev–Trinajstić information content (AvgIpc) is 3.28. The molecule has 2 saturated carbocycles. The van der Waals surface area contributed by atoms with E-state index in [2.05, 4.69) is 35.7 Å². The molecule has 3 aromatic rings. The number of nitrogens with zero attached hydrogens (tertiary/aromatic N) is 8. The first-order valence-electron chi connectivity index (χ1n) is 29.8. The molecule has 1 aromatic carbocycles. The number of anilines is 2. The quantitative estimate of drug-likeness (QED) is 0.168. The molecule has 2 aliphatic carbocycles. The van der Waals surface area contributed by atoms with Crippen molar-refractivity contribution >= 4 is 46.0 Å². The summed E-state index contributed by atoms with van der Waals surface area (Å²) in [4.78, 5) is 73.5. The van der Waals surface area contributed by atoms with Gasteiger partial charge in [0.25, 0.3) is 5.91 Å². The Bertz CT molecular complexity index is 2860. The van der Waals surface area contributed by atoms with Gasteiger partial charge in [0.1, 0.15) is 30.3 Å². The number of aromatic nitrogens is 2. The van der Waals surface area contributed by atoms with Gasteiger partial charge >= 0.3 is 12.1 Å². The highest BCUT2D eigenvalue weighted by atomic mass is 19.4. The van der Waals surface area contributed by atoms with E-state index in [-0.39, 0.29) is 49.3 Å². The molecule has 12 rings (SSSR count). The summed E-state index contributed by atoms with van der Waals surface area (Å²) in [6, 6.07) is 5.81. The summed E-state index contributed by atoms with van der Waals surface area (Å²) in [6.07, 6.45) is 2.09. The van der Waals surface area contributed by atoms with Crippen molar-refractivity contribution in [3.05, 3.63) is 41.7 Å². The number of halogens is 3. The first-order chi connectivity index (χ1) is 38.7. The van der Waals surface area contributed by atoms with Gasteiger partial charge in [0, 0.05) is 112 Å². The fourth-order valence-corrected chi connectivity index (χ4v) is 14.0. The zero-order chi connectivity index (χ0) is 56.7. The number of benzene rings is 1. The number of hydrazine groups is 1. The average molecular weight is 1130 g/mol. The molecule has 7 aliphatic heterocycles. The van der Waals surface area contributed by atoms with Crippen LogP contribution in [-0.2, 0) is 51.1 Å². The van der Waals surface area contributed by atoms with Crippen LogP contribution in [0.15, 0.2) is 30.5 Å². The number of piperazine rings is 1. The second-order valence-corrected chi connectivity index (χ2v) is 25.9. The molecule has 442 valence electrons. The number of esters is 1. The lowest BCUT2D eigenvalue weighted by atomic mass is 9.84. The molecule has 6 bridgehead atoms. The molecule has 3 amide bonds. The smallest absolute Gasteiger partial charge is 0.406 e. The van der Waals surface area contributed by atoms with Gasteiger partial charge in [0.2, 0.25) is 11.8 Å². The van der Waals surface area contributed by atoms with Crippen LogP contribution in [0.25, 0.3) is 22.2 Å². The lowest BCUT2D eigenvalue weighted by Gasteiger charge is -2.55. The first-order valence-corrected chi connectivity index (χ1v) is 29.8. The van der Waals surface area contributed by atoms with Crippen LogP contribution in [-0.4, -0.2) is 206 Å². The summed E-state index contributed by atoms with van der Waals surface area (Å²) in [5.41, 5.74) is 5.91. The number of alkyl halides is 3. The van der Waals surface area contributed by atoms with E-state index >= 15 is 13.2 Å². The van der Waals surface area contributed by atoms with Gasteiger partial charge < -0.3 is 43.5 Å². The van der Waals surface area contributed by atoms with Crippen LogP contribution < -0.4 is 25.9 Å². The van der Waals surface area contributed by atoms with Crippen molar-refractivity contribution in [2.45, 2.75) is 153 Å². The highest BCUT2D eigenvalue weighted by Gasteiger charge is 2.57. The maximum absolute atomic E-state index is 15.2. The highest BCUT2D eigenvalue weighted by Crippen LogP contribution is 2.45. The molecule has 19 nitrogen and oxygen atoms in total. The third-order valence-electron chi connectivity index (χ3n) is 18.6. The van der Waals surface area contributed by atoms with Crippen molar-refractivity contribution in [3.8, 4) is 11.3 Å². The second-order valence-electron chi connectivity index (χ2n) is 25.9. The van der Waals surface area contributed by atoms with Gasteiger partial charge in [-0.1, -0.05) is 27.7 Å². The summed E-state index contributed by atoms with van der Waals surface area (Å²) in [5.74, 6) is -0.720. The molecule has 6 saturated heterocycles. The van der Waals surface area contributed by atoms with E-state index in [1.807, 2.05) is 63.9 Å². The van der Waals surface area contributed by atoms with Crippen molar-refractivity contribution in [2.24, 2.45) is 17.3 Å². The fourth-order valence-electron chi connectivity index (χ4n) is 14.0. The normalized spacial score (nSPS) is 28.4. The molecule has 3 N–H and O–H groups in total. The van der Waals surface area contributed by atoms with E-state index < -0.39 is 65.9 Å². The Balaban J connectivity index is 0.866. The monoisotopic (exact) mass is 1130 g/mol. The van der Waals surface area contributed by atoms with Gasteiger partial charge in [-0.05, 0) is 93.5 Å². The number of hydrogen-bond acceptors (Lipinski definition) is 15. The molecule has 9 aliphatic rings. The number of hydrogen-bond donors (Lipinski definition) is 3. The maximum atomic E-state index is 15.2. The SMILES string of the molecule is CO[C@@H](C)c1ncc(N2CCN(C3CC3)CC2)cc1-c1c2c3cc(ccc3n1CC(F)(F)F)N1CCO[C@@H](C[C@H](NC(=O)[C@H](C(C)C)N3CCOC4(CN(C(=O)[C@@H]5N[C@@H]5C5CC5)C4)C3)C(=O)N3CCC[C@H](N3)C(=O)OCC(C)(C)C2)C1. The molecule has 81 heavy (non-hydrogen) atoms. The van der Waals surface area contributed by atoms with Gasteiger partial charge in [-0.2, -0.15) is 13.2 Å². The molecule has 7 atom stereocenters. The number of rotatable bonds is 12. The minimum absolute atomic E-state index is 0.0654. The number of carbonyl (C=O) groups excluding carboxylic acids is 4. The summed E-state index contributed by atoms with van der Waals surface area (Å²) < 4.78 is 71.9. The predicted molar refractivity (Wildman–Crippen MR) is 297 cm³/mol. The number of morpholine rings is 2. The predicted octanol–water partition coefficient (Wildman–Crippen LogP) is 4.65. The van der Waals surface area contributed by atoms with Crippen LogP contribution in [0.1, 0.15) is 96.9 Å². The zero-order valence-corrected chi connectivity index (χ0v) is 47.9. The minimum atomic E-state index is -4.60. The summed E-state index contributed by atoms with van der Waals surface area (Å²) >= 11 is 0. The molecule has 0 radical (unpaired) electrons. The first kappa shape index (κ1) is 56.4. The van der Waals surface area contributed by atoms with E-state index in [4.69, 9.17) is 23.9 Å². The number of fused-ring (bicyclic) bond motifs is 6. The van der Waals surface area contributed by atoms with E-state index in [0.29, 0.717) is 117 Å².